The van der Waals surface area contributed by atoms with E-state index in [4.69, 9.17) is 4.98 Å². The molecule has 2 aromatic heterocycles. The summed E-state index contributed by atoms with van der Waals surface area (Å²) in [5.41, 5.74) is 3.84. The number of aromatic nitrogens is 2. The molecule has 26 heavy (non-hydrogen) atoms. The van der Waals surface area contributed by atoms with Gasteiger partial charge in [0.05, 0.1) is 22.5 Å². The first-order valence-electron chi connectivity index (χ1n) is 7.94. The van der Waals surface area contributed by atoms with Crippen molar-refractivity contribution in [3.05, 3.63) is 67.4 Å². The molecule has 1 aromatic carbocycles. The number of benzene rings is 1. The van der Waals surface area contributed by atoms with E-state index in [0.29, 0.717) is 5.82 Å². The molecule has 0 atom stereocenters. The number of fused-ring (bicyclic) bond motifs is 1. The first kappa shape index (κ1) is 22.5. The number of nitrogens with zero attached hydrogens (tertiary/aromatic N) is 3. The number of hydrogen-bond donors (Lipinski definition) is 1. The maximum Gasteiger partial charge on any atom is 0.152 e. The zero-order chi connectivity index (χ0) is 16.9. The first-order valence-corrected chi connectivity index (χ1v) is 8.82. The van der Waals surface area contributed by atoms with E-state index in [9.17, 15) is 0 Å². The summed E-state index contributed by atoms with van der Waals surface area (Å²) < 4.78 is 1.05. The summed E-state index contributed by atoms with van der Waals surface area (Å²) in [5, 5.41) is 5.38. The van der Waals surface area contributed by atoms with Gasteiger partial charge in [0.25, 0.3) is 0 Å². The van der Waals surface area contributed by atoms with E-state index < -0.39 is 0 Å². The van der Waals surface area contributed by atoms with Crippen LogP contribution in [0, 0.1) is 14.4 Å². The Balaban J connectivity index is 0.000000818. The van der Waals surface area contributed by atoms with Crippen LogP contribution in [0.15, 0.2) is 52.5 Å². The number of allylic oxidation sites excluding steroid dienone is 1. The Morgan fingerprint density at radius 3 is 2.65 bits per heavy atom. The molecule has 133 valence electrons. The monoisotopic (exact) mass is 439 g/mol. The van der Waals surface area contributed by atoms with E-state index in [0.717, 1.165) is 39.4 Å². The minimum Gasteiger partial charge on any atom is -0.358 e. The van der Waals surface area contributed by atoms with E-state index >= 15 is 0 Å². The van der Waals surface area contributed by atoms with Gasteiger partial charge in [0.1, 0.15) is 5.82 Å². The average Bonchev–Trinajstić information content (AvgIpc) is 3.28. The van der Waals surface area contributed by atoms with Crippen molar-refractivity contribution in [2.24, 2.45) is 4.99 Å². The molecule has 0 aliphatic carbocycles. The number of anilines is 1. The number of hydrogen-bond acceptors (Lipinski definition) is 5. The van der Waals surface area contributed by atoms with Crippen molar-refractivity contribution in [1.29, 1.82) is 0 Å². The molecule has 1 aliphatic rings. The first-order chi connectivity index (χ1) is 11.8. The summed E-state index contributed by atoms with van der Waals surface area (Å²) >= 11 is 1.63. The molecule has 1 N–H and O–H groups in total. The van der Waals surface area contributed by atoms with E-state index in [1.54, 1.807) is 11.3 Å². The Bertz CT molecular complexity index is 915. The third-order valence-corrected chi connectivity index (χ3v) is 4.31. The van der Waals surface area contributed by atoms with Crippen molar-refractivity contribution in [2.75, 3.05) is 11.9 Å². The second-order valence-electron chi connectivity index (χ2n) is 5.01. The number of aliphatic imine (C=N–C) groups is 1. The van der Waals surface area contributed by atoms with Gasteiger partial charge in [-0.2, -0.15) is 24.6 Å². The smallest absolute Gasteiger partial charge is 0.152 e. The molecule has 3 heterocycles. The fraction of sp³-hybridized carbons (Fsp3) is 0.150. The van der Waals surface area contributed by atoms with Crippen LogP contribution >= 0.6 is 11.3 Å². The topological polar surface area (TPSA) is 50.2 Å². The van der Waals surface area contributed by atoms with Crippen LogP contribution in [0.4, 0.5) is 5.82 Å². The van der Waals surface area contributed by atoms with E-state index in [2.05, 4.69) is 22.2 Å². The summed E-state index contributed by atoms with van der Waals surface area (Å²) in [6.45, 7) is 8.69. The fourth-order valence-electron chi connectivity index (χ4n) is 2.36. The molecule has 0 saturated carbocycles. The molecular weight excluding hydrogens is 417 g/mol. The predicted molar refractivity (Wildman–Crippen MR) is 110 cm³/mol. The molecule has 6 heteroatoms. The Hall–Kier alpha value is -1.56. The van der Waals surface area contributed by atoms with Crippen molar-refractivity contribution < 1.29 is 32.7 Å². The molecular formula is C20H22N4SY-2. The van der Waals surface area contributed by atoms with Crippen LogP contribution in [0.25, 0.3) is 21.6 Å². The summed E-state index contributed by atoms with van der Waals surface area (Å²) in [6, 6.07) is 9.95. The van der Waals surface area contributed by atoms with Crippen molar-refractivity contribution in [3.8, 4) is 11.4 Å². The van der Waals surface area contributed by atoms with Crippen molar-refractivity contribution >= 4 is 33.6 Å². The second-order valence-corrected chi connectivity index (χ2v) is 5.93. The van der Waals surface area contributed by atoms with Gasteiger partial charge in [0.2, 0.25) is 0 Å². The van der Waals surface area contributed by atoms with Crippen molar-refractivity contribution in [1.82, 2.24) is 9.97 Å². The van der Waals surface area contributed by atoms with E-state index in [1.807, 2.05) is 61.8 Å². The van der Waals surface area contributed by atoms with Crippen LogP contribution in [0.3, 0.4) is 0 Å². The van der Waals surface area contributed by atoms with Crippen LogP contribution in [0.5, 0.6) is 0 Å². The quantitative estimate of drug-likeness (QED) is 0.557. The molecule has 1 radical (unpaired) electrons. The second kappa shape index (κ2) is 10.6. The minimum atomic E-state index is 0. The molecule has 0 spiro atoms. The normalized spacial score (nSPS) is 11.7. The van der Waals surface area contributed by atoms with Gasteiger partial charge in [-0.25, -0.2) is 9.97 Å². The summed E-state index contributed by atoms with van der Waals surface area (Å²) in [6.07, 6.45) is 3.87. The fourth-order valence-corrected chi connectivity index (χ4v) is 3.14. The Labute approximate surface area is 184 Å². The molecule has 1 aliphatic heterocycles. The van der Waals surface area contributed by atoms with Crippen LogP contribution in [0.2, 0.25) is 0 Å². The molecule has 0 saturated heterocycles. The standard InChI is InChI=1S/C17H13N4S.C2H6.CH3.Y/c1-11-3-2-4-12(9-11)16-20-14-6-8-22-15(14)17(21-16)19-13-5-7-18-10-13;1-2;;/h2-6,8-10H,1,7H2,(H,19,20,21);1-2H3;1H3;/q-1;;-1;. The number of nitrogens with one attached hydrogen (secondary N) is 1. The van der Waals surface area contributed by atoms with Crippen LogP contribution in [-0.4, -0.2) is 22.7 Å². The van der Waals surface area contributed by atoms with Gasteiger partial charge in [-0.1, -0.05) is 19.9 Å². The van der Waals surface area contributed by atoms with E-state index in [-0.39, 0.29) is 40.1 Å². The largest absolute Gasteiger partial charge is 0.358 e. The molecule has 0 fully saturated rings. The maximum absolute atomic E-state index is 4.71. The van der Waals surface area contributed by atoms with Crippen LogP contribution in [-0.2, 0) is 32.7 Å². The van der Waals surface area contributed by atoms with Crippen LogP contribution < -0.4 is 5.32 Å². The zero-order valence-electron chi connectivity index (χ0n) is 15.4. The van der Waals surface area contributed by atoms with Gasteiger partial charge < -0.3 is 12.7 Å². The Kier molecular flexibility index (Phi) is 9.13. The molecule has 3 aromatic rings. The van der Waals surface area contributed by atoms with Gasteiger partial charge in [0, 0.05) is 38.9 Å². The Morgan fingerprint density at radius 2 is 1.96 bits per heavy atom. The van der Waals surface area contributed by atoms with Crippen LogP contribution in [0.1, 0.15) is 19.4 Å². The van der Waals surface area contributed by atoms with Crippen molar-refractivity contribution in [2.45, 2.75) is 13.8 Å². The number of rotatable bonds is 3. The summed E-state index contributed by atoms with van der Waals surface area (Å²) in [5.74, 6) is 1.53. The van der Waals surface area contributed by atoms with Crippen molar-refractivity contribution in [3.63, 3.8) is 0 Å². The Morgan fingerprint density at radius 1 is 1.15 bits per heavy atom. The predicted octanol–water partition coefficient (Wildman–Crippen LogP) is 5.39. The zero-order valence-corrected chi connectivity index (χ0v) is 19.0. The van der Waals surface area contributed by atoms with Gasteiger partial charge in [-0.05, 0) is 23.1 Å². The molecule has 0 unspecified atom stereocenters. The van der Waals surface area contributed by atoms with Gasteiger partial charge in [-0.3, -0.25) is 4.99 Å². The average molecular weight is 439 g/mol. The number of thiophene rings is 1. The maximum atomic E-state index is 4.71. The molecule has 0 amide bonds. The van der Waals surface area contributed by atoms with Gasteiger partial charge in [0.15, 0.2) is 5.82 Å². The molecule has 0 bridgehead atoms. The van der Waals surface area contributed by atoms with Gasteiger partial charge in [-0.15, -0.1) is 17.4 Å². The summed E-state index contributed by atoms with van der Waals surface area (Å²) in [7, 11) is 0. The third-order valence-electron chi connectivity index (χ3n) is 3.40. The summed E-state index contributed by atoms with van der Waals surface area (Å²) in [4.78, 5) is 13.6. The van der Waals surface area contributed by atoms with E-state index in [1.165, 1.54) is 0 Å². The molecule has 4 rings (SSSR count). The van der Waals surface area contributed by atoms with Gasteiger partial charge >= 0.3 is 0 Å². The third kappa shape index (κ3) is 5.00. The SMILES string of the molecule is CC.[CH2-]c1cccc(-c2nc(NC3=CCN=C3)c3sccc3n2)c1.[CH3-].[Y]. The minimum absolute atomic E-state index is 0. The molecule has 4 nitrogen and oxygen atoms in total.